The molecule has 1 saturated heterocycles. The van der Waals surface area contributed by atoms with Crippen molar-refractivity contribution in [1.29, 1.82) is 0 Å². The van der Waals surface area contributed by atoms with Crippen molar-refractivity contribution in [1.82, 2.24) is 4.98 Å². The molecular weight excluding hydrogens is 220 g/mol. The van der Waals surface area contributed by atoms with Crippen molar-refractivity contribution in [3.05, 3.63) is 24.0 Å². The smallest absolute Gasteiger partial charge is 0.337 e. The number of aromatic carboxylic acids is 1. The minimum absolute atomic E-state index is 0.172. The fourth-order valence-corrected chi connectivity index (χ4v) is 1.91. The summed E-state index contributed by atoms with van der Waals surface area (Å²) >= 11 is 0. The molecule has 1 unspecified atom stereocenters. The van der Waals surface area contributed by atoms with Crippen LogP contribution in [0.15, 0.2) is 18.5 Å². The van der Waals surface area contributed by atoms with Gasteiger partial charge in [0, 0.05) is 19.3 Å². The number of aromatic nitrogens is 1. The van der Waals surface area contributed by atoms with Crippen LogP contribution in [0.2, 0.25) is 0 Å². The summed E-state index contributed by atoms with van der Waals surface area (Å²) in [4.78, 5) is 14.9. The van der Waals surface area contributed by atoms with E-state index in [0.717, 1.165) is 19.4 Å². The molecule has 1 fully saturated rings. The standard InChI is InChI=1S/C12H16N2O3/c15-12(16)10-4-5-13-8-11(10)14-7-9-3-1-2-6-17-9/h4-5,8-9,14H,1-3,6-7H2,(H,15,16). The second-order valence-electron chi connectivity index (χ2n) is 4.10. The Morgan fingerprint density at radius 2 is 2.47 bits per heavy atom. The first-order valence-corrected chi connectivity index (χ1v) is 5.80. The number of carboxylic acids is 1. The molecule has 5 nitrogen and oxygen atoms in total. The zero-order valence-corrected chi connectivity index (χ0v) is 9.56. The summed E-state index contributed by atoms with van der Waals surface area (Å²) < 4.78 is 5.57. The molecule has 0 saturated carbocycles. The third-order valence-corrected chi connectivity index (χ3v) is 2.85. The molecule has 0 spiro atoms. The zero-order valence-electron chi connectivity index (χ0n) is 9.56. The third-order valence-electron chi connectivity index (χ3n) is 2.85. The Bertz CT molecular complexity index is 389. The molecule has 1 atom stereocenters. The number of nitrogens with zero attached hydrogens (tertiary/aromatic N) is 1. The van der Waals surface area contributed by atoms with Gasteiger partial charge in [0.1, 0.15) is 0 Å². The number of anilines is 1. The Morgan fingerprint density at radius 1 is 1.59 bits per heavy atom. The monoisotopic (exact) mass is 236 g/mol. The van der Waals surface area contributed by atoms with E-state index in [1.165, 1.54) is 24.9 Å². The van der Waals surface area contributed by atoms with Gasteiger partial charge < -0.3 is 15.2 Å². The van der Waals surface area contributed by atoms with Gasteiger partial charge in [0.2, 0.25) is 0 Å². The number of hydrogen-bond donors (Lipinski definition) is 2. The highest BCUT2D eigenvalue weighted by Gasteiger charge is 2.15. The number of rotatable bonds is 4. The van der Waals surface area contributed by atoms with Crippen molar-refractivity contribution >= 4 is 11.7 Å². The third kappa shape index (κ3) is 3.17. The SMILES string of the molecule is O=C(O)c1ccncc1NCC1CCCCO1. The largest absolute Gasteiger partial charge is 0.478 e. The summed E-state index contributed by atoms with van der Waals surface area (Å²) in [6, 6.07) is 1.49. The highest BCUT2D eigenvalue weighted by atomic mass is 16.5. The quantitative estimate of drug-likeness (QED) is 0.833. The van der Waals surface area contributed by atoms with Crippen molar-refractivity contribution in [3.63, 3.8) is 0 Å². The lowest BCUT2D eigenvalue weighted by Crippen LogP contribution is -2.27. The molecule has 1 aliphatic heterocycles. The van der Waals surface area contributed by atoms with Gasteiger partial charge in [0.15, 0.2) is 0 Å². The lowest BCUT2D eigenvalue weighted by molar-refractivity contribution is 0.0247. The van der Waals surface area contributed by atoms with Crippen LogP contribution >= 0.6 is 0 Å². The average molecular weight is 236 g/mol. The molecule has 5 heteroatoms. The summed E-state index contributed by atoms with van der Waals surface area (Å²) in [7, 11) is 0. The summed E-state index contributed by atoms with van der Waals surface area (Å²) in [6.45, 7) is 1.43. The molecule has 92 valence electrons. The van der Waals surface area contributed by atoms with E-state index in [4.69, 9.17) is 9.84 Å². The maximum absolute atomic E-state index is 11.0. The van der Waals surface area contributed by atoms with Crippen LogP contribution in [0.5, 0.6) is 0 Å². The molecule has 1 aliphatic rings. The Balaban J connectivity index is 1.96. The average Bonchev–Trinajstić information content (AvgIpc) is 2.38. The number of ether oxygens (including phenoxy) is 1. The normalized spacial score (nSPS) is 19.9. The van der Waals surface area contributed by atoms with E-state index in [-0.39, 0.29) is 11.7 Å². The van der Waals surface area contributed by atoms with Gasteiger partial charge in [-0.1, -0.05) is 0 Å². The van der Waals surface area contributed by atoms with Gasteiger partial charge in [-0.05, 0) is 25.3 Å². The first kappa shape index (κ1) is 11.9. The van der Waals surface area contributed by atoms with Gasteiger partial charge in [-0.15, -0.1) is 0 Å². The number of carboxylic acid groups (broad SMARTS) is 1. The van der Waals surface area contributed by atoms with E-state index >= 15 is 0 Å². The molecule has 1 aromatic heterocycles. The van der Waals surface area contributed by atoms with Gasteiger partial charge in [-0.3, -0.25) is 4.98 Å². The molecule has 0 bridgehead atoms. The fourth-order valence-electron chi connectivity index (χ4n) is 1.91. The van der Waals surface area contributed by atoms with Gasteiger partial charge in [-0.2, -0.15) is 0 Å². The van der Waals surface area contributed by atoms with E-state index in [1.807, 2.05) is 0 Å². The van der Waals surface area contributed by atoms with Crippen molar-refractivity contribution < 1.29 is 14.6 Å². The Kier molecular flexibility index (Phi) is 3.93. The van der Waals surface area contributed by atoms with Crippen LogP contribution in [0.1, 0.15) is 29.6 Å². The molecule has 0 radical (unpaired) electrons. The van der Waals surface area contributed by atoms with Crippen LogP contribution in [0.4, 0.5) is 5.69 Å². The second kappa shape index (κ2) is 5.63. The van der Waals surface area contributed by atoms with Crippen molar-refractivity contribution in [2.45, 2.75) is 25.4 Å². The molecular formula is C12H16N2O3. The number of carbonyl (C=O) groups is 1. The molecule has 2 rings (SSSR count). The van der Waals surface area contributed by atoms with Crippen molar-refractivity contribution in [2.75, 3.05) is 18.5 Å². The Labute approximate surface area is 99.8 Å². The minimum Gasteiger partial charge on any atom is -0.478 e. The maximum Gasteiger partial charge on any atom is 0.337 e. The summed E-state index contributed by atoms with van der Waals surface area (Å²) in [5.41, 5.74) is 0.796. The van der Waals surface area contributed by atoms with Gasteiger partial charge in [0.05, 0.1) is 23.6 Å². The molecule has 1 aromatic rings. The first-order chi connectivity index (χ1) is 8.27. The van der Waals surface area contributed by atoms with Crippen LogP contribution in [-0.4, -0.2) is 35.3 Å². The topological polar surface area (TPSA) is 71.5 Å². The Hall–Kier alpha value is -1.62. The summed E-state index contributed by atoms with van der Waals surface area (Å²) in [6.07, 6.45) is 6.49. The fraction of sp³-hybridized carbons (Fsp3) is 0.500. The molecule has 2 N–H and O–H groups in total. The van der Waals surface area contributed by atoms with Gasteiger partial charge >= 0.3 is 5.97 Å². The second-order valence-corrected chi connectivity index (χ2v) is 4.10. The highest BCUT2D eigenvalue weighted by molar-refractivity contribution is 5.93. The predicted molar refractivity (Wildman–Crippen MR) is 63.3 cm³/mol. The van der Waals surface area contributed by atoms with Crippen LogP contribution in [0.3, 0.4) is 0 Å². The highest BCUT2D eigenvalue weighted by Crippen LogP contribution is 2.16. The number of nitrogens with one attached hydrogen (secondary N) is 1. The van der Waals surface area contributed by atoms with E-state index < -0.39 is 5.97 Å². The van der Waals surface area contributed by atoms with E-state index in [2.05, 4.69) is 10.3 Å². The van der Waals surface area contributed by atoms with Crippen LogP contribution < -0.4 is 5.32 Å². The van der Waals surface area contributed by atoms with Crippen LogP contribution in [0.25, 0.3) is 0 Å². The molecule has 2 heterocycles. The van der Waals surface area contributed by atoms with Crippen LogP contribution in [-0.2, 0) is 4.74 Å². The summed E-state index contributed by atoms with van der Waals surface area (Å²) in [5.74, 6) is -0.945. The number of hydrogen-bond acceptors (Lipinski definition) is 4. The molecule has 0 aromatic carbocycles. The van der Waals surface area contributed by atoms with E-state index in [0.29, 0.717) is 12.2 Å². The maximum atomic E-state index is 11.0. The van der Waals surface area contributed by atoms with E-state index in [1.54, 1.807) is 0 Å². The van der Waals surface area contributed by atoms with Crippen molar-refractivity contribution in [3.8, 4) is 0 Å². The minimum atomic E-state index is -0.945. The van der Waals surface area contributed by atoms with Crippen LogP contribution in [0, 0.1) is 0 Å². The molecule has 17 heavy (non-hydrogen) atoms. The van der Waals surface area contributed by atoms with E-state index in [9.17, 15) is 4.79 Å². The first-order valence-electron chi connectivity index (χ1n) is 5.80. The predicted octanol–water partition coefficient (Wildman–Crippen LogP) is 1.76. The van der Waals surface area contributed by atoms with Gasteiger partial charge in [-0.25, -0.2) is 4.79 Å². The lowest BCUT2D eigenvalue weighted by Gasteiger charge is -2.23. The molecule has 0 amide bonds. The van der Waals surface area contributed by atoms with Gasteiger partial charge in [0.25, 0.3) is 0 Å². The lowest BCUT2D eigenvalue weighted by atomic mass is 10.1. The zero-order chi connectivity index (χ0) is 12.1. The molecule has 0 aliphatic carbocycles. The summed E-state index contributed by atoms with van der Waals surface area (Å²) in [5, 5.41) is 12.1. The van der Waals surface area contributed by atoms with Crippen molar-refractivity contribution in [2.24, 2.45) is 0 Å². The Morgan fingerprint density at radius 3 is 3.18 bits per heavy atom. The number of pyridine rings is 1.